The summed E-state index contributed by atoms with van der Waals surface area (Å²) in [4.78, 5) is 12.7. The van der Waals surface area contributed by atoms with Crippen LogP contribution in [0.5, 0.6) is 0 Å². The lowest BCUT2D eigenvalue weighted by Gasteiger charge is -2.25. The summed E-state index contributed by atoms with van der Waals surface area (Å²) >= 11 is 3.20. The van der Waals surface area contributed by atoms with E-state index < -0.39 is 43.9 Å². The van der Waals surface area contributed by atoms with Crippen LogP contribution in [0.3, 0.4) is 0 Å². The number of carbonyl (C=O) groups excluding carboxylic acids is 1. The number of hydrogen-bond acceptors (Lipinski definition) is 5. The number of fused-ring (bicyclic) bond motifs is 3. The van der Waals surface area contributed by atoms with Crippen LogP contribution in [0, 0.1) is 5.92 Å². The molecule has 3 atom stereocenters. The summed E-state index contributed by atoms with van der Waals surface area (Å²) in [6.07, 6.45) is 3.88. The molecule has 1 amide bonds. The first-order valence-electron chi connectivity index (χ1n) is 11.5. The smallest absolute Gasteiger partial charge is 0.269 e. The molecule has 198 valence electrons. The molecule has 0 aliphatic heterocycles. The number of sulfonamides is 1. The zero-order chi connectivity index (χ0) is 27.4. The SMILES string of the molecule is CC1C=C(Br)C=C(F)C1S(=O)(=O)Nc1ccc2c(c1)-c1c(c(C(N)=O)nn1-c1ccc(S(N)=O)cc1)CC2. The average Bonchev–Trinajstić information content (AvgIpc) is 3.23. The van der Waals surface area contributed by atoms with E-state index in [2.05, 4.69) is 25.8 Å². The molecule has 1 heterocycles. The summed E-state index contributed by atoms with van der Waals surface area (Å²) in [5.41, 5.74) is 9.37. The van der Waals surface area contributed by atoms with Gasteiger partial charge in [0, 0.05) is 27.2 Å². The van der Waals surface area contributed by atoms with Gasteiger partial charge < -0.3 is 5.73 Å². The van der Waals surface area contributed by atoms with Crippen molar-refractivity contribution in [1.82, 2.24) is 9.78 Å². The van der Waals surface area contributed by atoms with E-state index in [-0.39, 0.29) is 11.4 Å². The van der Waals surface area contributed by atoms with Gasteiger partial charge in [-0.1, -0.05) is 35.0 Å². The third-order valence-corrected chi connectivity index (χ3v) is 9.65. The van der Waals surface area contributed by atoms with Crippen LogP contribution in [0.15, 0.2) is 69.8 Å². The van der Waals surface area contributed by atoms with Gasteiger partial charge in [-0.05, 0) is 60.9 Å². The fourth-order valence-electron chi connectivity index (χ4n) is 4.92. The van der Waals surface area contributed by atoms with E-state index in [1.807, 2.05) is 0 Å². The minimum absolute atomic E-state index is 0.115. The van der Waals surface area contributed by atoms with E-state index in [9.17, 15) is 21.8 Å². The number of amides is 1. The highest BCUT2D eigenvalue weighted by Crippen LogP contribution is 2.39. The number of allylic oxidation sites excluding steroid dienone is 3. The van der Waals surface area contributed by atoms with Crippen LogP contribution < -0.4 is 15.6 Å². The molecular weight excluding hydrogens is 597 g/mol. The molecule has 3 unspecified atom stereocenters. The van der Waals surface area contributed by atoms with Crippen molar-refractivity contribution >= 4 is 48.5 Å². The molecule has 0 saturated carbocycles. The lowest BCUT2D eigenvalue weighted by Crippen LogP contribution is -2.34. The van der Waals surface area contributed by atoms with Crippen molar-refractivity contribution in [3.63, 3.8) is 0 Å². The Morgan fingerprint density at radius 3 is 2.55 bits per heavy atom. The molecular formula is C25H23BrFN5O4S2. The van der Waals surface area contributed by atoms with E-state index >= 15 is 0 Å². The van der Waals surface area contributed by atoms with Crippen LogP contribution in [0.4, 0.5) is 10.1 Å². The van der Waals surface area contributed by atoms with E-state index in [0.29, 0.717) is 44.7 Å². The Morgan fingerprint density at radius 1 is 1.21 bits per heavy atom. The van der Waals surface area contributed by atoms with Crippen LogP contribution in [-0.2, 0) is 33.9 Å². The number of aromatic nitrogens is 2. The predicted molar refractivity (Wildman–Crippen MR) is 147 cm³/mol. The number of hydrogen-bond donors (Lipinski definition) is 3. The van der Waals surface area contributed by atoms with Crippen molar-refractivity contribution in [2.24, 2.45) is 16.8 Å². The van der Waals surface area contributed by atoms with E-state index in [1.54, 1.807) is 60.1 Å². The highest BCUT2D eigenvalue weighted by Gasteiger charge is 2.37. The summed E-state index contributed by atoms with van der Waals surface area (Å²) in [5.74, 6) is -2.04. The third kappa shape index (κ3) is 4.75. The standard InChI is InChI=1S/C25H23BrFN5O4S2/c1-13-10-15(26)11-21(27)24(13)38(35,36)31-16-4-2-14-3-9-19-22(25(28)33)30-32(23(19)20(14)12-16)17-5-7-18(8-6-17)37(29)34/h2,4-8,10-13,24,31H,3,9,29H2,1H3,(H2,28,33). The molecule has 5 rings (SSSR count). The molecule has 5 N–H and O–H groups in total. The van der Waals surface area contributed by atoms with Crippen LogP contribution in [0.1, 0.15) is 28.5 Å². The van der Waals surface area contributed by atoms with Crippen LogP contribution in [0.25, 0.3) is 16.9 Å². The van der Waals surface area contributed by atoms with Gasteiger partial charge in [0.05, 0.1) is 16.3 Å². The molecule has 1 aromatic heterocycles. The highest BCUT2D eigenvalue weighted by atomic mass is 79.9. The number of rotatable bonds is 6. The van der Waals surface area contributed by atoms with Gasteiger partial charge in [-0.15, -0.1) is 0 Å². The molecule has 13 heteroatoms. The molecule has 0 radical (unpaired) electrons. The fourth-order valence-corrected chi connectivity index (χ4v) is 7.55. The highest BCUT2D eigenvalue weighted by molar-refractivity contribution is 9.11. The van der Waals surface area contributed by atoms with Gasteiger partial charge in [-0.3, -0.25) is 9.52 Å². The van der Waals surface area contributed by atoms with Gasteiger partial charge >= 0.3 is 0 Å². The lowest BCUT2D eigenvalue weighted by molar-refractivity contribution is 0.0994. The normalized spacial score (nSPS) is 19.6. The zero-order valence-corrected chi connectivity index (χ0v) is 23.2. The Balaban J connectivity index is 1.59. The molecule has 38 heavy (non-hydrogen) atoms. The summed E-state index contributed by atoms with van der Waals surface area (Å²) in [6, 6.07) is 11.6. The van der Waals surface area contributed by atoms with Gasteiger partial charge in [0.2, 0.25) is 10.0 Å². The van der Waals surface area contributed by atoms with E-state index in [1.165, 1.54) is 0 Å². The van der Waals surface area contributed by atoms with Crippen molar-refractivity contribution in [3.8, 4) is 16.9 Å². The van der Waals surface area contributed by atoms with Crippen molar-refractivity contribution < 1.29 is 21.8 Å². The molecule has 2 aliphatic carbocycles. The first-order chi connectivity index (χ1) is 18.0. The largest absolute Gasteiger partial charge is 0.364 e. The number of anilines is 1. The minimum atomic E-state index is -4.14. The number of nitrogens with two attached hydrogens (primary N) is 2. The van der Waals surface area contributed by atoms with E-state index in [0.717, 1.165) is 11.6 Å². The van der Waals surface area contributed by atoms with Gasteiger partial charge in [0.15, 0.2) is 5.69 Å². The molecule has 0 fully saturated rings. The van der Waals surface area contributed by atoms with Crippen molar-refractivity contribution in [3.05, 3.63) is 81.7 Å². The number of nitrogens with one attached hydrogen (secondary N) is 1. The Hall–Kier alpha value is -3.13. The average molecular weight is 621 g/mol. The summed E-state index contributed by atoms with van der Waals surface area (Å²) in [5, 5.41) is 8.55. The molecule has 0 spiro atoms. The Morgan fingerprint density at radius 2 is 1.92 bits per heavy atom. The second kappa shape index (κ2) is 9.88. The second-order valence-electron chi connectivity index (χ2n) is 9.12. The number of nitrogens with zero attached hydrogens (tertiary/aromatic N) is 2. The van der Waals surface area contributed by atoms with Crippen LogP contribution >= 0.6 is 15.9 Å². The Bertz CT molecular complexity index is 1670. The topological polar surface area (TPSA) is 150 Å². The Kier molecular flexibility index (Phi) is 6.88. The molecule has 0 bridgehead atoms. The second-order valence-corrected chi connectivity index (χ2v) is 12.9. The monoisotopic (exact) mass is 619 g/mol. The maximum absolute atomic E-state index is 14.7. The van der Waals surface area contributed by atoms with Gasteiger partial charge in [-0.25, -0.2) is 26.8 Å². The summed E-state index contributed by atoms with van der Waals surface area (Å²) in [7, 11) is -5.80. The lowest BCUT2D eigenvalue weighted by atomic mass is 9.88. The van der Waals surface area contributed by atoms with Gasteiger partial charge in [0.1, 0.15) is 22.1 Å². The van der Waals surface area contributed by atoms with Crippen LogP contribution in [-0.4, -0.2) is 33.6 Å². The quantitative estimate of drug-likeness (QED) is 0.385. The maximum Gasteiger partial charge on any atom is 0.269 e. The summed E-state index contributed by atoms with van der Waals surface area (Å²) < 4.78 is 57.3. The summed E-state index contributed by atoms with van der Waals surface area (Å²) in [6.45, 7) is 1.63. The number of benzene rings is 2. The first kappa shape index (κ1) is 26.5. The molecule has 2 aromatic carbocycles. The van der Waals surface area contributed by atoms with Crippen molar-refractivity contribution in [2.75, 3.05) is 4.72 Å². The molecule has 2 aliphatic rings. The molecule has 9 nitrogen and oxygen atoms in total. The number of primary amides is 1. The maximum atomic E-state index is 14.7. The Labute approximate surface area is 229 Å². The van der Waals surface area contributed by atoms with Gasteiger partial charge in [-0.2, -0.15) is 5.10 Å². The molecule has 3 aromatic rings. The molecule has 0 saturated heterocycles. The van der Waals surface area contributed by atoms with Crippen molar-refractivity contribution in [1.29, 1.82) is 0 Å². The minimum Gasteiger partial charge on any atom is -0.364 e. The number of aryl methyl sites for hydroxylation is 1. The van der Waals surface area contributed by atoms with Gasteiger partial charge in [0.25, 0.3) is 5.91 Å². The number of carbonyl (C=O) groups is 1. The number of halogens is 2. The van der Waals surface area contributed by atoms with E-state index in [4.69, 9.17) is 10.9 Å². The van der Waals surface area contributed by atoms with Crippen molar-refractivity contribution in [2.45, 2.75) is 29.9 Å². The first-order valence-corrected chi connectivity index (χ1v) is 15.1. The predicted octanol–water partition coefficient (Wildman–Crippen LogP) is 3.61. The third-order valence-electron chi connectivity index (χ3n) is 6.58. The fraction of sp³-hybridized carbons (Fsp3) is 0.200. The zero-order valence-electron chi connectivity index (χ0n) is 20.0. The van der Waals surface area contributed by atoms with Crippen LogP contribution in [0.2, 0.25) is 0 Å².